The number of amides is 2. The van der Waals surface area contributed by atoms with Crippen molar-refractivity contribution in [1.29, 1.82) is 0 Å². The van der Waals surface area contributed by atoms with Gasteiger partial charge in [0.2, 0.25) is 0 Å². The van der Waals surface area contributed by atoms with Crippen molar-refractivity contribution < 1.29 is 19.1 Å². The maximum atomic E-state index is 14.2. The third kappa shape index (κ3) is 6.36. The SMILES string of the molecule is CC(C)N1CCOc2ccccc2CCCCC2(CN(C(=O)c3cccc(Cc4ccccc4)n3)CCO2)C1=O. The number of hydrogen-bond donors (Lipinski definition) is 0. The number of aromatic nitrogens is 1. The van der Waals surface area contributed by atoms with Gasteiger partial charge in [-0.15, -0.1) is 0 Å². The Labute approximate surface area is 237 Å². The number of carbonyl (C=O) groups excluding carboxylic acids is 2. The van der Waals surface area contributed by atoms with Crippen LogP contribution in [0.15, 0.2) is 72.8 Å². The van der Waals surface area contributed by atoms with Gasteiger partial charge in [0.15, 0.2) is 5.60 Å². The van der Waals surface area contributed by atoms with E-state index in [-0.39, 0.29) is 24.4 Å². The number of rotatable bonds is 4. The van der Waals surface area contributed by atoms with E-state index in [0.717, 1.165) is 36.3 Å². The molecule has 0 bridgehead atoms. The molecule has 3 aromatic rings. The number of morpholine rings is 1. The van der Waals surface area contributed by atoms with Crippen LogP contribution in [0.25, 0.3) is 0 Å². The fraction of sp³-hybridized carbons (Fsp3) is 0.424. The molecule has 0 aliphatic carbocycles. The molecule has 2 aromatic carbocycles. The third-order valence-corrected chi connectivity index (χ3v) is 7.84. The van der Waals surface area contributed by atoms with Crippen LogP contribution < -0.4 is 4.74 Å². The number of carbonyl (C=O) groups is 2. The van der Waals surface area contributed by atoms with E-state index in [1.807, 2.05) is 67.3 Å². The Kier molecular flexibility index (Phi) is 8.80. The summed E-state index contributed by atoms with van der Waals surface area (Å²) in [6, 6.07) is 23.8. The highest BCUT2D eigenvalue weighted by atomic mass is 16.5. The highest BCUT2D eigenvalue weighted by Crippen LogP contribution is 2.30. The molecule has 40 heavy (non-hydrogen) atoms. The number of fused-ring (bicyclic) bond motifs is 1. The van der Waals surface area contributed by atoms with Gasteiger partial charge >= 0.3 is 0 Å². The highest BCUT2D eigenvalue weighted by molar-refractivity contribution is 5.94. The Morgan fingerprint density at radius 3 is 2.58 bits per heavy atom. The summed E-state index contributed by atoms with van der Waals surface area (Å²) in [6.07, 6.45) is 3.79. The number of hydrogen-bond acceptors (Lipinski definition) is 5. The van der Waals surface area contributed by atoms with Crippen LogP contribution >= 0.6 is 0 Å². The zero-order valence-corrected chi connectivity index (χ0v) is 23.6. The average molecular weight is 542 g/mol. The topological polar surface area (TPSA) is 72.0 Å². The number of benzene rings is 2. The van der Waals surface area contributed by atoms with E-state index in [9.17, 15) is 9.59 Å². The number of ether oxygens (including phenoxy) is 2. The summed E-state index contributed by atoms with van der Waals surface area (Å²) in [4.78, 5) is 36.2. The highest BCUT2D eigenvalue weighted by Gasteiger charge is 2.47. The summed E-state index contributed by atoms with van der Waals surface area (Å²) >= 11 is 0. The van der Waals surface area contributed by atoms with Gasteiger partial charge in [-0.3, -0.25) is 9.59 Å². The Hall–Kier alpha value is -3.71. The smallest absolute Gasteiger partial charge is 0.272 e. The second-order valence-electron chi connectivity index (χ2n) is 11.0. The van der Waals surface area contributed by atoms with E-state index in [1.165, 1.54) is 5.56 Å². The summed E-state index contributed by atoms with van der Waals surface area (Å²) in [5, 5.41) is 0. The first-order valence-corrected chi connectivity index (χ1v) is 14.4. The largest absolute Gasteiger partial charge is 0.491 e. The normalized spacial score (nSPS) is 20.4. The van der Waals surface area contributed by atoms with Crippen LogP contribution in [0.3, 0.4) is 0 Å². The van der Waals surface area contributed by atoms with Crippen molar-refractivity contribution in [2.75, 3.05) is 32.8 Å². The van der Waals surface area contributed by atoms with E-state index in [2.05, 4.69) is 18.2 Å². The first-order chi connectivity index (χ1) is 19.4. The lowest BCUT2D eigenvalue weighted by molar-refractivity contribution is -0.172. The van der Waals surface area contributed by atoms with Crippen LogP contribution in [0, 0.1) is 0 Å². The molecule has 2 aliphatic rings. The molecule has 210 valence electrons. The molecule has 1 saturated heterocycles. The van der Waals surface area contributed by atoms with E-state index >= 15 is 0 Å². The maximum Gasteiger partial charge on any atom is 0.272 e. The minimum absolute atomic E-state index is 0.0304. The van der Waals surface area contributed by atoms with Crippen LogP contribution in [0.1, 0.15) is 60.4 Å². The van der Waals surface area contributed by atoms with Crippen LogP contribution in [-0.4, -0.2) is 71.1 Å². The molecule has 1 aromatic heterocycles. The molecule has 5 rings (SSSR count). The molecule has 0 N–H and O–H groups in total. The van der Waals surface area contributed by atoms with Gasteiger partial charge in [-0.05, 0) is 68.9 Å². The van der Waals surface area contributed by atoms with E-state index in [4.69, 9.17) is 14.5 Å². The minimum atomic E-state index is -1.08. The zero-order chi connectivity index (χ0) is 28.0. The van der Waals surface area contributed by atoms with Crippen LogP contribution in [0.4, 0.5) is 0 Å². The first-order valence-electron chi connectivity index (χ1n) is 14.4. The van der Waals surface area contributed by atoms with E-state index in [1.54, 1.807) is 11.0 Å². The predicted molar refractivity (Wildman–Crippen MR) is 154 cm³/mol. The van der Waals surface area contributed by atoms with Gasteiger partial charge in [0.1, 0.15) is 18.1 Å². The quantitative estimate of drug-likeness (QED) is 0.469. The van der Waals surface area contributed by atoms with Crippen molar-refractivity contribution in [3.05, 3.63) is 95.3 Å². The second kappa shape index (κ2) is 12.6. The molecule has 7 heteroatoms. The summed E-state index contributed by atoms with van der Waals surface area (Å²) in [6.45, 7) is 5.84. The van der Waals surface area contributed by atoms with E-state index in [0.29, 0.717) is 44.8 Å². The van der Waals surface area contributed by atoms with Gasteiger partial charge in [0.25, 0.3) is 11.8 Å². The Bertz CT molecular complexity index is 1310. The summed E-state index contributed by atoms with van der Waals surface area (Å²) in [7, 11) is 0. The summed E-state index contributed by atoms with van der Waals surface area (Å²) in [5.74, 6) is 0.662. The molecule has 1 atom stereocenters. The Balaban J connectivity index is 1.36. The van der Waals surface area contributed by atoms with Crippen molar-refractivity contribution in [2.24, 2.45) is 0 Å². The molecule has 7 nitrogen and oxygen atoms in total. The van der Waals surface area contributed by atoms with Crippen LogP contribution in [-0.2, 0) is 22.4 Å². The summed E-state index contributed by atoms with van der Waals surface area (Å²) < 4.78 is 12.5. The molecular weight excluding hydrogens is 502 g/mol. The Morgan fingerprint density at radius 2 is 1.75 bits per heavy atom. The van der Waals surface area contributed by atoms with Crippen molar-refractivity contribution in [3.8, 4) is 5.75 Å². The van der Waals surface area contributed by atoms with Gasteiger partial charge in [-0.2, -0.15) is 0 Å². The molecule has 1 spiro atoms. The third-order valence-electron chi connectivity index (χ3n) is 7.84. The van der Waals surface area contributed by atoms with Crippen LogP contribution in [0.5, 0.6) is 5.75 Å². The number of para-hydroxylation sites is 1. The lowest BCUT2D eigenvalue weighted by Gasteiger charge is -2.45. The zero-order valence-electron chi connectivity index (χ0n) is 23.6. The lowest BCUT2D eigenvalue weighted by atomic mass is 9.90. The molecule has 2 amide bonds. The van der Waals surface area contributed by atoms with Gasteiger partial charge in [-0.1, -0.05) is 54.6 Å². The molecular formula is C33H39N3O4. The molecule has 0 saturated carbocycles. The van der Waals surface area contributed by atoms with Gasteiger partial charge in [-0.25, -0.2) is 4.98 Å². The van der Waals surface area contributed by atoms with Gasteiger partial charge in [0, 0.05) is 24.7 Å². The number of aryl methyl sites for hydroxylation is 1. The van der Waals surface area contributed by atoms with Crippen molar-refractivity contribution in [1.82, 2.24) is 14.8 Å². The monoisotopic (exact) mass is 541 g/mol. The molecule has 1 fully saturated rings. The van der Waals surface area contributed by atoms with Crippen molar-refractivity contribution in [2.45, 2.75) is 57.6 Å². The van der Waals surface area contributed by atoms with Gasteiger partial charge in [0.05, 0.1) is 19.7 Å². The molecule has 2 aliphatic heterocycles. The Morgan fingerprint density at radius 1 is 0.950 bits per heavy atom. The number of pyridine rings is 1. The first kappa shape index (κ1) is 27.8. The van der Waals surface area contributed by atoms with Crippen LogP contribution in [0.2, 0.25) is 0 Å². The van der Waals surface area contributed by atoms with Crippen molar-refractivity contribution >= 4 is 11.8 Å². The van der Waals surface area contributed by atoms with E-state index < -0.39 is 5.60 Å². The molecule has 0 radical (unpaired) electrons. The summed E-state index contributed by atoms with van der Waals surface area (Å²) in [5.41, 5.74) is 2.48. The van der Waals surface area contributed by atoms with Crippen molar-refractivity contribution in [3.63, 3.8) is 0 Å². The molecule has 1 unspecified atom stereocenters. The fourth-order valence-electron chi connectivity index (χ4n) is 5.70. The average Bonchev–Trinajstić information content (AvgIpc) is 2.97. The fourth-order valence-corrected chi connectivity index (χ4v) is 5.70. The minimum Gasteiger partial charge on any atom is -0.491 e. The maximum absolute atomic E-state index is 14.2. The van der Waals surface area contributed by atoms with Gasteiger partial charge < -0.3 is 19.3 Å². The second-order valence-corrected chi connectivity index (χ2v) is 11.0. The predicted octanol–water partition coefficient (Wildman–Crippen LogP) is 4.93. The standard InChI is InChI=1S/C33H39N3O4/c1-25(2)36-20-21-39-30-17-7-6-13-27(30)14-8-9-18-33(32(36)38)24-35(19-22-40-33)31(37)29-16-10-15-28(34-29)23-26-11-4-3-5-12-26/h3-7,10-13,15-17,25H,8-9,14,18-24H2,1-2H3. The number of nitrogens with zero attached hydrogens (tertiary/aromatic N) is 3. The lowest BCUT2D eigenvalue weighted by Crippen LogP contribution is -2.63. The molecule has 3 heterocycles.